The number of H-pyrrole nitrogens is 1. The van der Waals surface area contributed by atoms with Gasteiger partial charge in [0, 0.05) is 41.9 Å². The first kappa shape index (κ1) is 15.8. The lowest BCUT2D eigenvalue weighted by atomic mass is 10.3. The standard InChI is InChI=1S/C12H22N4O2S2/c1-4-10-8-16(5-6-19-10)20(17,18)12-11(7-13-3)9(2)14-15-12/h10,13H,4-8H2,1-3H3,(H,14,15). The van der Waals surface area contributed by atoms with Crippen LogP contribution in [0.15, 0.2) is 5.03 Å². The van der Waals surface area contributed by atoms with Gasteiger partial charge in [-0.25, -0.2) is 8.42 Å². The van der Waals surface area contributed by atoms with Gasteiger partial charge in [-0.2, -0.15) is 21.2 Å². The van der Waals surface area contributed by atoms with Gasteiger partial charge in [0.25, 0.3) is 10.0 Å². The van der Waals surface area contributed by atoms with Crippen LogP contribution in [0.25, 0.3) is 0 Å². The monoisotopic (exact) mass is 318 g/mol. The highest BCUT2D eigenvalue weighted by atomic mass is 32.2. The SMILES string of the molecule is CCC1CN(S(=O)(=O)c2n[nH]c(C)c2CNC)CCS1. The summed E-state index contributed by atoms with van der Waals surface area (Å²) in [7, 11) is -1.70. The molecule has 0 aliphatic carbocycles. The summed E-state index contributed by atoms with van der Waals surface area (Å²) in [6, 6.07) is 0. The lowest BCUT2D eigenvalue weighted by Gasteiger charge is -2.30. The van der Waals surface area contributed by atoms with E-state index in [0.29, 0.717) is 24.9 Å². The number of nitrogens with one attached hydrogen (secondary N) is 2. The largest absolute Gasteiger partial charge is 0.316 e. The number of nitrogens with zero attached hydrogens (tertiary/aromatic N) is 2. The second-order valence-corrected chi connectivity index (χ2v) is 8.19. The quantitative estimate of drug-likeness (QED) is 0.845. The number of rotatable bonds is 5. The molecule has 2 rings (SSSR count). The highest BCUT2D eigenvalue weighted by Crippen LogP contribution is 2.27. The van der Waals surface area contributed by atoms with Crippen LogP contribution in [0.1, 0.15) is 24.6 Å². The van der Waals surface area contributed by atoms with Crippen LogP contribution in [0.5, 0.6) is 0 Å². The molecule has 0 radical (unpaired) electrons. The van der Waals surface area contributed by atoms with Crippen molar-refractivity contribution in [3.8, 4) is 0 Å². The van der Waals surface area contributed by atoms with Crippen LogP contribution in [0.2, 0.25) is 0 Å². The lowest BCUT2D eigenvalue weighted by molar-refractivity contribution is 0.413. The molecule has 1 aromatic heterocycles. The van der Waals surface area contributed by atoms with E-state index < -0.39 is 10.0 Å². The van der Waals surface area contributed by atoms with E-state index in [1.165, 1.54) is 0 Å². The van der Waals surface area contributed by atoms with Gasteiger partial charge < -0.3 is 5.32 Å². The van der Waals surface area contributed by atoms with Crippen molar-refractivity contribution in [3.05, 3.63) is 11.3 Å². The fourth-order valence-corrected chi connectivity index (χ4v) is 5.35. The van der Waals surface area contributed by atoms with Gasteiger partial charge in [-0.1, -0.05) is 6.92 Å². The summed E-state index contributed by atoms with van der Waals surface area (Å²) in [5.41, 5.74) is 1.54. The van der Waals surface area contributed by atoms with Crippen LogP contribution in [-0.2, 0) is 16.6 Å². The molecule has 1 atom stereocenters. The molecule has 0 amide bonds. The molecule has 8 heteroatoms. The van der Waals surface area contributed by atoms with Gasteiger partial charge in [0.2, 0.25) is 0 Å². The number of thioether (sulfide) groups is 1. The molecule has 20 heavy (non-hydrogen) atoms. The van der Waals surface area contributed by atoms with Gasteiger partial charge in [-0.05, 0) is 20.4 Å². The van der Waals surface area contributed by atoms with E-state index in [1.807, 2.05) is 18.7 Å². The number of hydrogen-bond donors (Lipinski definition) is 2. The smallest absolute Gasteiger partial charge is 0.262 e. The lowest BCUT2D eigenvalue weighted by Crippen LogP contribution is -2.42. The summed E-state index contributed by atoms with van der Waals surface area (Å²) in [5.74, 6) is 0.850. The van der Waals surface area contributed by atoms with Gasteiger partial charge in [-0.15, -0.1) is 0 Å². The van der Waals surface area contributed by atoms with E-state index in [1.54, 1.807) is 11.4 Å². The predicted molar refractivity (Wildman–Crippen MR) is 81.4 cm³/mol. The molecule has 0 bridgehead atoms. The highest BCUT2D eigenvalue weighted by Gasteiger charge is 2.33. The van der Waals surface area contributed by atoms with Gasteiger partial charge >= 0.3 is 0 Å². The van der Waals surface area contributed by atoms with Crippen LogP contribution < -0.4 is 5.32 Å². The van der Waals surface area contributed by atoms with E-state index in [4.69, 9.17) is 0 Å². The maximum atomic E-state index is 12.8. The first-order chi connectivity index (χ1) is 9.50. The molecule has 1 fully saturated rings. The van der Waals surface area contributed by atoms with Crippen molar-refractivity contribution in [3.63, 3.8) is 0 Å². The molecule has 1 aromatic rings. The molecular weight excluding hydrogens is 296 g/mol. The number of sulfonamides is 1. The number of aryl methyl sites for hydroxylation is 1. The summed E-state index contributed by atoms with van der Waals surface area (Å²) in [6.07, 6.45) is 0.986. The third-order valence-electron chi connectivity index (χ3n) is 3.53. The van der Waals surface area contributed by atoms with Gasteiger partial charge in [-0.3, -0.25) is 5.10 Å². The minimum absolute atomic E-state index is 0.172. The number of hydrogen-bond acceptors (Lipinski definition) is 5. The van der Waals surface area contributed by atoms with E-state index in [0.717, 1.165) is 23.4 Å². The van der Waals surface area contributed by atoms with Crippen molar-refractivity contribution in [1.82, 2.24) is 19.8 Å². The molecule has 1 aliphatic heterocycles. The Labute approximate surface area is 124 Å². The zero-order chi connectivity index (χ0) is 14.8. The van der Waals surface area contributed by atoms with Gasteiger partial charge in [0.05, 0.1) is 0 Å². The number of aromatic nitrogens is 2. The molecule has 114 valence electrons. The van der Waals surface area contributed by atoms with Gasteiger partial charge in [0.1, 0.15) is 0 Å². The molecular formula is C12H22N4O2S2. The molecule has 0 saturated carbocycles. The Morgan fingerprint density at radius 1 is 1.55 bits per heavy atom. The minimum Gasteiger partial charge on any atom is -0.316 e. The second kappa shape index (κ2) is 6.46. The third-order valence-corrected chi connectivity index (χ3v) is 6.74. The molecule has 1 aliphatic rings. The van der Waals surface area contributed by atoms with Gasteiger partial charge in [0.15, 0.2) is 5.03 Å². The van der Waals surface area contributed by atoms with Crippen LogP contribution >= 0.6 is 11.8 Å². The minimum atomic E-state index is -3.50. The normalized spacial score (nSPS) is 21.2. The van der Waals surface area contributed by atoms with Crippen molar-refractivity contribution in [2.75, 3.05) is 25.9 Å². The highest BCUT2D eigenvalue weighted by molar-refractivity contribution is 8.00. The second-order valence-electron chi connectivity index (χ2n) is 4.93. The van der Waals surface area contributed by atoms with E-state index in [-0.39, 0.29) is 5.03 Å². The summed E-state index contributed by atoms with van der Waals surface area (Å²) >= 11 is 1.85. The molecule has 6 nitrogen and oxygen atoms in total. The Kier molecular flexibility index (Phi) is 5.11. The molecule has 0 aromatic carbocycles. The molecule has 1 unspecified atom stereocenters. The van der Waals surface area contributed by atoms with Crippen molar-refractivity contribution >= 4 is 21.8 Å². The first-order valence-corrected chi connectivity index (χ1v) is 9.29. The zero-order valence-electron chi connectivity index (χ0n) is 12.1. The van der Waals surface area contributed by atoms with E-state index >= 15 is 0 Å². The number of aromatic amines is 1. The summed E-state index contributed by atoms with van der Waals surface area (Å²) < 4.78 is 27.1. The Bertz CT molecular complexity index is 556. The van der Waals surface area contributed by atoms with Crippen molar-refractivity contribution < 1.29 is 8.42 Å². The van der Waals surface area contributed by atoms with E-state index in [9.17, 15) is 8.42 Å². The van der Waals surface area contributed by atoms with Crippen LogP contribution in [0.4, 0.5) is 0 Å². The van der Waals surface area contributed by atoms with Crippen molar-refractivity contribution in [2.24, 2.45) is 0 Å². The van der Waals surface area contributed by atoms with E-state index in [2.05, 4.69) is 22.4 Å². The van der Waals surface area contributed by atoms with Crippen LogP contribution in [0, 0.1) is 6.92 Å². The maximum absolute atomic E-state index is 12.8. The molecule has 2 heterocycles. The Balaban J connectivity index is 2.30. The average molecular weight is 318 g/mol. The topological polar surface area (TPSA) is 78.1 Å². The summed E-state index contributed by atoms with van der Waals surface area (Å²) in [4.78, 5) is 0. The predicted octanol–water partition coefficient (Wildman–Crippen LogP) is 0.954. The molecule has 0 spiro atoms. The van der Waals surface area contributed by atoms with Crippen LogP contribution in [0.3, 0.4) is 0 Å². The molecule has 1 saturated heterocycles. The fourth-order valence-electron chi connectivity index (χ4n) is 2.31. The van der Waals surface area contributed by atoms with Crippen molar-refractivity contribution in [2.45, 2.75) is 37.1 Å². The Morgan fingerprint density at radius 2 is 2.30 bits per heavy atom. The summed E-state index contributed by atoms with van der Waals surface area (Å²) in [5, 5.41) is 10.4. The Morgan fingerprint density at radius 3 is 2.95 bits per heavy atom. The Hall–Kier alpha value is -0.570. The van der Waals surface area contributed by atoms with Crippen molar-refractivity contribution in [1.29, 1.82) is 0 Å². The zero-order valence-corrected chi connectivity index (χ0v) is 13.8. The third kappa shape index (κ3) is 3.03. The fraction of sp³-hybridized carbons (Fsp3) is 0.750. The molecule has 2 N–H and O–H groups in total. The summed E-state index contributed by atoms with van der Waals surface area (Å²) in [6.45, 7) is 5.58. The average Bonchev–Trinajstić information content (AvgIpc) is 2.81. The first-order valence-electron chi connectivity index (χ1n) is 6.80. The van der Waals surface area contributed by atoms with Crippen LogP contribution in [-0.4, -0.2) is 54.1 Å². The maximum Gasteiger partial charge on any atom is 0.262 e.